The third-order valence-electron chi connectivity index (χ3n) is 2.99. The zero-order valence-electron chi connectivity index (χ0n) is 12.7. The van der Waals surface area contributed by atoms with Gasteiger partial charge in [0.25, 0.3) is 0 Å². The normalized spacial score (nSPS) is 10.2. The number of nitrogens with two attached hydrogens (primary N) is 1. The molecule has 0 aliphatic heterocycles. The Balaban J connectivity index is 2.23. The minimum absolute atomic E-state index is 0.603. The maximum atomic E-state index is 5.89. The first kappa shape index (κ1) is 15.0. The van der Waals surface area contributed by atoms with Gasteiger partial charge < -0.3 is 19.9 Å². The first-order valence-corrected chi connectivity index (χ1v) is 6.99. The lowest BCUT2D eigenvalue weighted by Gasteiger charge is -2.13. The Kier molecular flexibility index (Phi) is 4.93. The van der Waals surface area contributed by atoms with Gasteiger partial charge in [0.05, 0.1) is 19.4 Å². The number of rotatable bonds is 6. The van der Waals surface area contributed by atoms with Crippen LogP contribution in [0, 0.1) is 6.92 Å². The minimum Gasteiger partial charge on any atom is -0.493 e. The van der Waals surface area contributed by atoms with Gasteiger partial charge in [0.2, 0.25) is 0 Å². The smallest absolute Gasteiger partial charge is 0.169 e. The molecule has 0 unspecified atom stereocenters. The Morgan fingerprint density at radius 1 is 1.00 bits per heavy atom. The summed E-state index contributed by atoms with van der Waals surface area (Å²) < 4.78 is 16.8. The van der Waals surface area contributed by atoms with Crippen LogP contribution in [0.1, 0.15) is 18.9 Å². The van der Waals surface area contributed by atoms with Gasteiger partial charge in [-0.1, -0.05) is 13.0 Å². The number of benzene rings is 2. The second-order valence-corrected chi connectivity index (χ2v) is 4.80. The van der Waals surface area contributed by atoms with Crippen molar-refractivity contribution in [2.75, 3.05) is 19.5 Å². The molecule has 0 radical (unpaired) electrons. The average Bonchev–Trinajstić information content (AvgIpc) is 2.49. The number of anilines is 1. The number of hydrogen-bond acceptors (Lipinski definition) is 4. The zero-order valence-corrected chi connectivity index (χ0v) is 12.7. The summed E-state index contributed by atoms with van der Waals surface area (Å²) >= 11 is 0. The van der Waals surface area contributed by atoms with Gasteiger partial charge in [-0.2, -0.15) is 0 Å². The lowest BCUT2D eigenvalue weighted by Crippen LogP contribution is -1.99. The molecule has 0 aliphatic carbocycles. The van der Waals surface area contributed by atoms with E-state index in [0.29, 0.717) is 35.3 Å². The van der Waals surface area contributed by atoms with Crippen molar-refractivity contribution in [2.45, 2.75) is 20.3 Å². The highest BCUT2D eigenvalue weighted by Gasteiger charge is 2.08. The summed E-state index contributed by atoms with van der Waals surface area (Å²) in [5.41, 5.74) is 7.61. The van der Waals surface area contributed by atoms with Crippen LogP contribution in [0.2, 0.25) is 0 Å². The lowest BCUT2D eigenvalue weighted by molar-refractivity contribution is 0.317. The van der Waals surface area contributed by atoms with Crippen LogP contribution < -0.4 is 19.9 Å². The molecule has 2 N–H and O–H groups in total. The van der Waals surface area contributed by atoms with E-state index in [2.05, 4.69) is 0 Å². The van der Waals surface area contributed by atoms with E-state index in [1.165, 1.54) is 0 Å². The second kappa shape index (κ2) is 6.88. The number of ether oxygens (including phenoxy) is 3. The first-order valence-electron chi connectivity index (χ1n) is 6.99. The molecule has 0 fully saturated rings. The molecule has 112 valence electrons. The van der Waals surface area contributed by atoms with Gasteiger partial charge in [-0.05, 0) is 43.2 Å². The van der Waals surface area contributed by atoms with E-state index in [4.69, 9.17) is 19.9 Å². The van der Waals surface area contributed by atoms with E-state index in [0.717, 1.165) is 12.0 Å². The van der Waals surface area contributed by atoms with Crippen molar-refractivity contribution in [3.05, 3.63) is 42.0 Å². The van der Waals surface area contributed by atoms with Crippen molar-refractivity contribution in [3.8, 4) is 23.0 Å². The van der Waals surface area contributed by atoms with Gasteiger partial charge in [-0.25, -0.2) is 0 Å². The van der Waals surface area contributed by atoms with Crippen LogP contribution in [0.4, 0.5) is 5.69 Å². The van der Waals surface area contributed by atoms with Crippen molar-refractivity contribution in [3.63, 3.8) is 0 Å². The lowest BCUT2D eigenvalue weighted by atomic mass is 10.2. The fraction of sp³-hybridized carbons (Fsp3) is 0.294. The molecule has 2 rings (SSSR count). The van der Waals surface area contributed by atoms with E-state index in [9.17, 15) is 0 Å². The summed E-state index contributed by atoms with van der Waals surface area (Å²) in [5, 5.41) is 0. The largest absolute Gasteiger partial charge is 0.493 e. The van der Waals surface area contributed by atoms with Gasteiger partial charge >= 0.3 is 0 Å². The third-order valence-corrected chi connectivity index (χ3v) is 2.99. The van der Waals surface area contributed by atoms with Crippen LogP contribution in [0.3, 0.4) is 0 Å². The Morgan fingerprint density at radius 2 is 1.81 bits per heavy atom. The SMILES string of the molecule is CCCOc1cc(Oc2ccc(C)cc2OC)ccc1N. The fourth-order valence-electron chi connectivity index (χ4n) is 1.90. The minimum atomic E-state index is 0.603. The van der Waals surface area contributed by atoms with Crippen LogP contribution >= 0.6 is 0 Å². The molecule has 0 saturated carbocycles. The van der Waals surface area contributed by atoms with E-state index < -0.39 is 0 Å². The van der Waals surface area contributed by atoms with E-state index in [1.807, 2.05) is 38.1 Å². The molecule has 4 heteroatoms. The van der Waals surface area contributed by atoms with Gasteiger partial charge in [-0.3, -0.25) is 0 Å². The summed E-state index contributed by atoms with van der Waals surface area (Å²) in [4.78, 5) is 0. The van der Waals surface area contributed by atoms with Crippen LogP contribution in [-0.4, -0.2) is 13.7 Å². The number of hydrogen-bond donors (Lipinski definition) is 1. The molecule has 2 aromatic rings. The molecular formula is C17H21NO3. The molecule has 0 spiro atoms. The van der Waals surface area contributed by atoms with Crippen molar-refractivity contribution in [1.82, 2.24) is 0 Å². The zero-order chi connectivity index (χ0) is 15.2. The summed E-state index contributed by atoms with van der Waals surface area (Å²) in [6.07, 6.45) is 0.927. The van der Waals surface area contributed by atoms with Crippen molar-refractivity contribution in [1.29, 1.82) is 0 Å². The van der Waals surface area contributed by atoms with Gasteiger partial charge in [0, 0.05) is 6.07 Å². The fourth-order valence-corrected chi connectivity index (χ4v) is 1.90. The Hall–Kier alpha value is -2.36. The molecule has 0 heterocycles. The summed E-state index contributed by atoms with van der Waals surface area (Å²) in [6, 6.07) is 11.2. The van der Waals surface area contributed by atoms with Crippen molar-refractivity contribution < 1.29 is 14.2 Å². The monoisotopic (exact) mass is 287 g/mol. The summed E-state index contributed by atoms with van der Waals surface area (Å²) in [5.74, 6) is 2.66. The van der Waals surface area contributed by atoms with Crippen LogP contribution in [0.5, 0.6) is 23.0 Å². The predicted octanol–water partition coefficient (Wildman–Crippen LogP) is 4.17. The quantitative estimate of drug-likeness (QED) is 0.810. The Bertz CT molecular complexity index is 611. The molecule has 2 aromatic carbocycles. The third kappa shape index (κ3) is 3.81. The molecule has 0 amide bonds. The van der Waals surface area contributed by atoms with E-state index in [-0.39, 0.29) is 0 Å². The van der Waals surface area contributed by atoms with Crippen LogP contribution in [0.15, 0.2) is 36.4 Å². The maximum Gasteiger partial charge on any atom is 0.169 e. The molecule has 0 atom stereocenters. The topological polar surface area (TPSA) is 53.7 Å². The molecule has 4 nitrogen and oxygen atoms in total. The second-order valence-electron chi connectivity index (χ2n) is 4.80. The van der Waals surface area contributed by atoms with Gasteiger partial charge in [-0.15, -0.1) is 0 Å². The molecule has 0 aliphatic rings. The van der Waals surface area contributed by atoms with Gasteiger partial charge in [0.1, 0.15) is 11.5 Å². The van der Waals surface area contributed by atoms with Crippen LogP contribution in [0.25, 0.3) is 0 Å². The molecule has 0 saturated heterocycles. The molecule has 0 bridgehead atoms. The summed E-state index contributed by atoms with van der Waals surface area (Å²) in [7, 11) is 1.63. The van der Waals surface area contributed by atoms with Crippen LogP contribution in [-0.2, 0) is 0 Å². The number of nitrogen functional groups attached to an aromatic ring is 1. The molecular weight excluding hydrogens is 266 g/mol. The highest BCUT2D eigenvalue weighted by Crippen LogP contribution is 2.35. The Labute approximate surface area is 125 Å². The Morgan fingerprint density at radius 3 is 2.52 bits per heavy atom. The van der Waals surface area contributed by atoms with Gasteiger partial charge in [0.15, 0.2) is 11.5 Å². The summed E-state index contributed by atoms with van der Waals surface area (Å²) in [6.45, 7) is 4.68. The molecule has 21 heavy (non-hydrogen) atoms. The van der Waals surface area contributed by atoms with E-state index in [1.54, 1.807) is 19.2 Å². The molecule has 0 aromatic heterocycles. The van der Waals surface area contributed by atoms with Crippen molar-refractivity contribution >= 4 is 5.69 Å². The predicted molar refractivity (Wildman–Crippen MR) is 84.4 cm³/mol. The first-order chi connectivity index (χ1) is 10.1. The highest BCUT2D eigenvalue weighted by molar-refractivity contribution is 5.56. The number of methoxy groups -OCH3 is 1. The van der Waals surface area contributed by atoms with Crippen molar-refractivity contribution in [2.24, 2.45) is 0 Å². The standard InChI is InChI=1S/C17H21NO3/c1-4-9-20-16-11-13(6-7-14(16)18)21-15-8-5-12(2)10-17(15)19-3/h5-8,10-11H,4,9,18H2,1-3H3. The number of aryl methyl sites for hydroxylation is 1. The van der Waals surface area contributed by atoms with E-state index >= 15 is 0 Å². The highest BCUT2D eigenvalue weighted by atomic mass is 16.5. The average molecular weight is 287 g/mol. The maximum absolute atomic E-state index is 5.89.